The minimum atomic E-state index is -1.73. The fourth-order valence-electron chi connectivity index (χ4n) is 3.09. The molecule has 0 fully saturated rings. The zero-order chi connectivity index (χ0) is 20.3. The van der Waals surface area contributed by atoms with Crippen molar-refractivity contribution >= 4 is 23.5 Å². The summed E-state index contributed by atoms with van der Waals surface area (Å²) in [6, 6.07) is 13.0. The number of nitrogens with one attached hydrogen (secondary N) is 1. The molecule has 0 spiro atoms. The molecule has 0 aliphatic rings. The van der Waals surface area contributed by atoms with Gasteiger partial charge < -0.3 is 10.4 Å². The standard InChI is InChI=1S/C20H19ClN4O3/c1-13(2)24-18(26)14-7-9-15(10-8-14)20(19(27)28,25-12-22-11-23-25)16-5-3-4-6-17(16)21/h3-13H,1-2H3,(H,24,26)(H,27,28). The van der Waals surface area contributed by atoms with E-state index in [4.69, 9.17) is 11.6 Å². The number of aromatic nitrogens is 3. The molecule has 0 aliphatic carbocycles. The van der Waals surface area contributed by atoms with Gasteiger partial charge in [-0.3, -0.25) is 4.79 Å². The third kappa shape index (κ3) is 3.36. The van der Waals surface area contributed by atoms with Gasteiger partial charge in [-0.25, -0.2) is 14.5 Å². The lowest BCUT2D eigenvalue weighted by Gasteiger charge is -2.31. The van der Waals surface area contributed by atoms with E-state index in [1.54, 1.807) is 48.5 Å². The fourth-order valence-corrected chi connectivity index (χ4v) is 3.36. The van der Waals surface area contributed by atoms with E-state index in [2.05, 4.69) is 15.4 Å². The summed E-state index contributed by atoms with van der Waals surface area (Å²) in [6.07, 6.45) is 2.59. The SMILES string of the molecule is CC(C)NC(=O)c1ccc(C(C(=O)O)(c2ccccc2Cl)n2cncn2)cc1. The maximum absolute atomic E-state index is 12.6. The van der Waals surface area contributed by atoms with Gasteiger partial charge in [0.25, 0.3) is 5.91 Å². The number of carboxylic acid groups (broad SMARTS) is 1. The normalized spacial score (nSPS) is 13.1. The molecule has 0 saturated carbocycles. The van der Waals surface area contributed by atoms with Crippen LogP contribution in [0.5, 0.6) is 0 Å². The Morgan fingerprint density at radius 3 is 2.36 bits per heavy atom. The molecule has 0 bridgehead atoms. The monoisotopic (exact) mass is 398 g/mol. The maximum Gasteiger partial charge on any atom is 0.341 e. The predicted molar refractivity (Wildman–Crippen MR) is 104 cm³/mol. The van der Waals surface area contributed by atoms with Crippen LogP contribution in [0.2, 0.25) is 5.02 Å². The van der Waals surface area contributed by atoms with Gasteiger partial charge in [0.2, 0.25) is 5.54 Å². The highest BCUT2D eigenvalue weighted by molar-refractivity contribution is 6.31. The number of carboxylic acids is 1. The maximum atomic E-state index is 12.6. The van der Waals surface area contributed by atoms with Gasteiger partial charge in [-0.15, -0.1) is 0 Å². The highest BCUT2D eigenvalue weighted by Crippen LogP contribution is 2.38. The van der Waals surface area contributed by atoms with Crippen LogP contribution in [0, 0.1) is 0 Å². The minimum Gasteiger partial charge on any atom is -0.479 e. The number of nitrogens with zero attached hydrogens (tertiary/aromatic N) is 3. The first-order chi connectivity index (χ1) is 13.4. The van der Waals surface area contributed by atoms with Crippen LogP contribution in [0.25, 0.3) is 0 Å². The van der Waals surface area contributed by atoms with Crippen LogP contribution in [-0.4, -0.2) is 37.8 Å². The number of halogens is 1. The van der Waals surface area contributed by atoms with Gasteiger partial charge in [0, 0.05) is 22.2 Å². The molecule has 1 amide bonds. The van der Waals surface area contributed by atoms with Crippen molar-refractivity contribution in [3.63, 3.8) is 0 Å². The van der Waals surface area contributed by atoms with Gasteiger partial charge in [-0.05, 0) is 37.6 Å². The number of aliphatic carboxylic acids is 1. The number of benzene rings is 2. The van der Waals surface area contributed by atoms with Crippen LogP contribution in [0.15, 0.2) is 61.2 Å². The van der Waals surface area contributed by atoms with Crippen LogP contribution in [0.4, 0.5) is 0 Å². The van der Waals surface area contributed by atoms with E-state index >= 15 is 0 Å². The van der Waals surface area contributed by atoms with Crippen molar-refractivity contribution in [2.75, 3.05) is 0 Å². The van der Waals surface area contributed by atoms with Crippen molar-refractivity contribution < 1.29 is 14.7 Å². The summed E-state index contributed by atoms with van der Waals surface area (Å²) in [5.74, 6) is -1.41. The third-order valence-electron chi connectivity index (χ3n) is 4.32. The van der Waals surface area contributed by atoms with Crippen LogP contribution >= 0.6 is 11.6 Å². The number of hydrogen-bond donors (Lipinski definition) is 2. The minimum absolute atomic E-state index is 0.0106. The first kappa shape index (κ1) is 19.6. The summed E-state index contributed by atoms with van der Waals surface area (Å²) < 4.78 is 1.25. The lowest BCUT2D eigenvalue weighted by atomic mass is 9.82. The Morgan fingerprint density at radius 1 is 1.14 bits per heavy atom. The Bertz CT molecular complexity index is 987. The van der Waals surface area contributed by atoms with E-state index in [9.17, 15) is 14.7 Å². The van der Waals surface area contributed by atoms with Gasteiger partial charge in [0.05, 0.1) is 0 Å². The summed E-state index contributed by atoms with van der Waals surface area (Å²) in [4.78, 5) is 28.7. The van der Waals surface area contributed by atoms with Gasteiger partial charge >= 0.3 is 5.97 Å². The Labute approximate surface area is 167 Å². The largest absolute Gasteiger partial charge is 0.479 e. The van der Waals surface area contributed by atoms with Crippen molar-refractivity contribution in [1.82, 2.24) is 20.1 Å². The van der Waals surface area contributed by atoms with Crippen LogP contribution in [-0.2, 0) is 10.3 Å². The molecule has 144 valence electrons. The molecule has 0 saturated heterocycles. The van der Waals surface area contributed by atoms with Crippen LogP contribution < -0.4 is 5.32 Å². The molecule has 28 heavy (non-hydrogen) atoms. The zero-order valence-corrected chi connectivity index (χ0v) is 16.1. The molecule has 8 heteroatoms. The van der Waals surface area contributed by atoms with Gasteiger partial charge in [0.1, 0.15) is 12.7 Å². The van der Waals surface area contributed by atoms with Crippen molar-refractivity contribution in [3.8, 4) is 0 Å². The molecule has 0 radical (unpaired) electrons. The van der Waals surface area contributed by atoms with E-state index in [-0.39, 0.29) is 17.0 Å². The predicted octanol–water partition coefficient (Wildman–Crippen LogP) is 2.95. The molecule has 2 N–H and O–H groups in total. The Morgan fingerprint density at radius 2 is 1.82 bits per heavy atom. The highest BCUT2D eigenvalue weighted by Gasteiger charge is 2.46. The second kappa shape index (κ2) is 7.82. The molecule has 1 heterocycles. The Balaban J connectivity index is 2.20. The van der Waals surface area contributed by atoms with E-state index in [0.717, 1.165) is 0 Å². The second-order valence-corrected chi connectivity index (χ2v) is 6.95. The third-order valence-corrected chi connectivity index (χ3v) is 4.65. The highest BCUT2D eigenvalue weighted by atomic mass is 35.5. The van der Waals surface area contributed by atoms with E-state index in [1.807, 2.05) is 13.8 Å². The van der Waals surface area contributed by atoms with E-state index in [0.29, 0.717) is 16.7 Å². The van der Waals surface area contributed by atoms with Gasteiger partial charge in [-0.2, -0.15) is 5.10 Å². The molecule has 0 aliphatic heterocycles. The molecule has 3 rings (SSSR count). The van der Waals surface area contributed by atoms with Crippen LogP contribution in [0.3, 0.4) is 0 Å². The molecular weight excluding hydrogens is 380 g/mol. The summed E-state index contributed by atoms with van der Waals surface area (Å²) in [7, 11) is 0. The fraction of sp³-hybridized carbons (Fsp3) is 0.200. The average molecular weight is 399 g/mol. The molecule has 1 aromatic heterocycles. The molecule has 2 aromatic carbocycles. The molecular formula is C20H19ClN4O3. The summed E-state index contributed by atoms with van der Waals surface area (Å²) in [6.45, 7) is 3.73. The Kier molecular flexibility index (Phi) is 5.46. The molecule has 1 atom stereocenters. The number of hydrogen-bond acceptors (Lipinski definition) is 4. The lowest BCUT2D eigenvalue weighted by Crippen LogP contribution is -2.45. The number of amides is 1. The Hall–Kier alpha value is -3.19. The van der Waals surface area contributed by atoms with Crippen molar-refractivity contribution in [2.45, 2.75) is 25.4 Å². The number of rotatable bonds is 6. The molecule has 3 aromatic rings. The van der Waals surface area contributed by atoms with Crippen molar-refractivity contribution in [2.24, 2.45) is 0 Å². The second-order valence-electron chi connectivity index (χ2n) is 6.54. The molecule has 1 unspecified atom stereocenters. The first-order valence-electron chi connectivity index (χ1n) is 8.62. The topological polar surface area (TPSA) is 97.1 Å². The average Bonchev–Trinajstić information content (AvgIpc) is 3.18. The summed E-state index contributed by atoms with van der Waals surface area (Å²) in [5.41, 5.74) is -0.578. The van der Waals surface area contributed by atoms with E-state index < -0.39 is 11.5 Å². The quantitative estimate of drug-likeness (QED) is 0.665. The van der Waals surface area contributed by atoms with Crippen molar-refractivity contribution in [1.29, 1.82) is 0 Å². The number of carbonyl (C=O) groups excluding carboxylic acids is 1. The first-order valence-corrected chi connectivity index (χ1v) is 9.00. The smallest absolute Gasteiger partial charge is 0.341 e. The van der Waals surface area contributed by atoms with Gasteiger partial charge in [-0.1, -0.05) is 41.9 Å². The summed E-state index contributed by atoms with van der Waals surface area (Å²) >= 11 is 6.37. The summed E-state index contributed by atoms with van der Waals surface area (Å²) in [5, 5.41) is 17.5. The zero-order valence-electron chi connectivity index (χ0n) is 15.3. The van der Waals surface area contributed by atoms with Crippen LogP contribution in [0.1, 0.15) is 35.3 Å². The van der Waals surface area contributed by atoms with E-state index in [1.165, 1.54) is 17.3 Å². The van der Waals surface area contributed by atoms with Crippen molar-refractivity contribution in [3.05, 3.63) is 82.9 Å². The van der Waals surface area contributed by atoms with Gasteiger partial charge in [0.15, 0.2) is 0 Å². The number of carbonyl (C=O) groups is 2. The lowest BCUT2D eigenvalue weighted by molar-refractivity contribution is -0.143. The molecule has 7 nitrogen and oxygen atoms in total.